The first kappa shape index (κ1) is 16.7. The highest BCUT2D eigenvalue weighted by Crippen LogP contribution is 2.39. The number of nitrogens with zero attached hydrogens (tertiary/aromatic N) is 3. The summed E-state index contributed by atoms with van der Waals surface area (Å²) in [4.78, 5) is 21.6. The standard InChI is InChI=1S/C14H22N4O3S/c1-5-11-8-12(10-6-7-10)16-14(15-11)17-22(20,21)9(2)13(19)18(3)4/h8-10H,5-7H2,1-4H3,(H,15,16,17). The zero-order valence-corrected chi connectivity index (χ0v) is 14.1. The lowest BCUT2D eigenvalue weighted by Crippen LogP contribution is -2.40. The highest BCUT2D eigenvalue weighted by Gasteiger charge is 2.31. The van der Waals surface area contributed by atoms with Gasteiger partial charge in [-0.25, -0.2) is 18.4 Å². The summed E-state index contributed by atoms with van der Waals surface area (Å²) < 4.78 is 27.0. The van der Waals surface area contributed by atoms with E-state index in [-0.39, 0.29) is 5.95 Å². The smallest absolute Gasteiger partial charge is 0.246 e. The van der Waals surface area contributed by atoms with Crippen molar-refractivity contribution in [3.05, 3.63) is 17.5 Å². The van der Waals surface area contributed by atoms with E-state index < -0.39 is 21.2 Å². The molecule has 1 aliphatic carbocycles. The Bertz CT molecular complexity index is 669. The summed E-state index contributed by atoms with van der Waals surface area (Å²) in [5.41, 5.74) is 1.66. The van der Waals surface area contributed by atoms with Gasteiger partial charge in [0.05, 0.1) is 0 Å². The summed E-state index contributed by atoms with van der Waals surface area (Å²) in [6.45, 7) is 3.31. The van der Waals surface area contributed by atoms with Crippen molar-refractivity contribution in [1.29, 1.82) is 0 Å². The van der Waals surface area contributed by atoms with Gasteiger partial charge in [0.1, 0.15) is 0 Å². The fourth-order valence-electron chi connectivity index (χ4n) is 2.05. The predicted octanol–water partition coefficient (Wildman–Crippen LogP) is 1.13. The number of anilines is 1. The van der Waals surface area contributed by atoms with Crippen molar-refractivity contribution >= 4 is 21.9 Å². The molecule has 0 bridgehead atoms. The summed E-state index contributed by atoms with van der Waals surface area (Å²) in [6.07, 6.45) is 2.84. The SMILES string of the molecule is CCc1cc(C2CC2)nc(NS(=O)(=O)C(C)C(=O)N(C)C)n1. The average molecular weight is 326 g/mol. The Hall–Kier alpha value is -1.70. The van der Waals surface area contributed by atoms with Gasteiger partial charge in [-0.1, -0.05) is 6.92 Å². The van der Waals surface area contributed by atoms with E-state index in [0.717, 1.165) is 24.2 Å². The minimum absolute atomic E-state index is 0.0552. The van der Waals surface area contributed by atoms with E-state index in [2.05, 4.69) is 14.7 Å². The van der Waals surface area contributed by atoms with Gasteiger partial charge in [-0.05, 0) is 32.3 Å². The van der Waals surface area contributed by atoms with Gasteiger partial charge >= 0.3 is 0 Å². The molecule has 1 aromatic heterocycles. The molecule has 1 fully saturated rings. The van der Waals surface area contributed by atoms with Crippen LogP contribution in [0.3, 0.4) is 0 Å². The largest absolute Gasteiger partial charge is 0.348 e. The molecule has 0 radical (unpaired) electrons. The van der Waals surface area contributed by atoms with E-state index in [1.165, 1.54) is 25.9 Å². The molecule has 1 N–H and O–H groups in total. The van der Waals surface area contributed by atoms with Crippen LogP contribution < -0.4 is 4.72 Å². The first-order chi connectivity index (χ1) is 10.2. The number of aromatic nitrogens is 2. The van der Waals surface area contributed by atoms with Crippen LogP contribution in [0.4, 0.5) is 5.95 Å². The molecule has 1 atom stereocenters. The van der Waals surface area contributed by atoms with Gasteiger partial charge in [0.25, 0.3) is 0 Å². The highest BCUT2D eigenvalue weighted by molar-refractivity contribution is 7.94. The maximum atomic E-state index is 12.3. The van der Waals surface area contributed by atoms with Crippen LogP contribution in [-0.2, 0) is 21.2 Å². The van der Waals surface area contributed by atoms with Crippen molar-refractivity contribution in [2.24, 2.45) is 0 Å². The lowest BCUT2D eigenvalue weighted by atomic mass is 10.2. The first-order valence-electron chi connectivity index (χ1n) is 7.35. The van der Waals surface area contributed by atoms with Gasteiger partial charge in [-0.2, -0.15) is 0 Å². The van der Waals surface area contributed by atoms with Crippen molar-refractivity contribution in [1.82, 2.24) is 14.9 Å². The molecule has 0 spiro atoms. The van der Waals surface area contributed by atoms with E-state index in [4.69, 9.17) is 0 Å². The fraction of sp³-hybridized carbons (Fsp3) is 0.643. The molecule has 2 rings (SSSR count). The molecule has 7 nitrogen and oxygen atoms in total. The second-order valence-corrected chi connectivity index (χ2v) is 7.76. The van der Waals surface area contributed by atoms with Crippen LogP contribution in [0.5, 0.6) is 0 Å². The highest BCUT2D eigenvalue weighted by atomic mass is 32.2. The third kappa shape index (κ3) is 3.73. The van der Waals surface area contributed by atoms with Gasteiger partial charge < -0.3 is 4.90 Å². The van der Waals surface area contributed by atoms with E-state index in [1.54, 1.807) is 0 Å². The molecule has 0 aromatic carbocycles. The summed E-state index contributed by atoms with van der Waals surface area (Å²) in [7, 11) is -0.828. The lowest BCUT2D eigenvalue weighted by Gasteiger charge is -2.18. The Balaban J connectivity index is 2.25. The number of hydrogen-bond donors (Lipinski definition) is 1. The molecule has 0 aliphatic heterocycles. The maximum Gasteiger partial charge on any atom is 0.246 e. The molecule has 1 saturated carbocycles. The zero-order valence-electron chi connectivity index (χ0n) is 13.3. The molecule has 8 heteroatoms. The molecule has 122 valence electrons. The Morgan fingerprint density at radius 3 is 2.55 bits per heavy atom. The molecule has 1 aliphatic rings. The van der Waals surface area contributed by atoms with Crippen LogP contribution >= 0.6 is 0 Å². The zero-order chi connectivity index (χ0) is 16.5. The second kappa shape index (κ2) is 6.20. The van der Waals surface area contributed by atoms with Gasteiger partial charge in [-0.15, -0.1) is 0 Å². The van der Waals surface area contributed by atoms with E-state index >= 15 is 0 Å². The monoisotopic (exact) mass is 326 g/mol. The summed E-state index contributed by atoms with van der Waals surface area (Å²) in [5.74, 6) is -0.0291. The number of sulfonamides is 1. The number of carbonyl (C=O) groups is 1. The molecular weight excluding hydrogens is 304 g/mol. The predicted molar refractivity (Wildman–Crippen MR) is 84.1 cm³/mol. The molecular formula is C14H22N4O3S. The Morgan fingerprint density at radius 1 is 1.41 bits per heavy atom. The van der Waals surface area contributed by atoms with Gasteiger partial charge in [-0.3, -0.25) is 9.52 Å². The van der Waals surface area contributed by atoms with Crippen molar-refractivity contribution in [3.63, 3.8) is 0 Å². The Labute approximate surface area is 131 Å². The van der Waals surface area contributed by atoms with Crippen molar-refractivity contribution in [3.8, 4) is 0 Å². The normalized spacial score (nSPS) is 16.2. The van der Waals surface area contributed by atoms with Crippen LogP contribution in [0.1, 0.15) is 44.0 Å². The minimum Gasteiger partial charge on any atom is -0.348 e. The molecule has 22 heavy (non-hydrogen) atoms. The summed E-state index contributed by atoms with van der Waals surface area (Å²) >= 11 is 0. The van der Waals surface area contributed by atoms with Crippen LogP contribution in [0.15, 0.2) is 6.07 Å². The van der Waals surface area contributed by atoms with E-state index in [0.29, 0.717) is 12.3 Å². The third-order valence-corrected chi connectivity index (χ3v) is 5.24. The fourth-order valence-corrected chi connectivity index (χ4v) is 3.04. The Morgan fingerprint density at radius 2 is 2.05 bits per heavy atom. The van der Waals surface area contributed by atoms with Gasteiger partial charge in [0, 0.05) is 31.4 Å². The second-order valence-electron chi connectivity index (χ2n) is 5.76. The topological polar surface area (TPSA) is 92.3 Å². The Kier molecular flexibility index (Phi) is 4.69. The van der Waals surface area contributed by atoms with E-state index in [9.17, 15) is 13.2 Å². The molecule has 1 aromatic rings. The molecule has 1 amide bonds. The molecule has 1 unspecified atom stereocenters. The van der Waals surface area contributed by atoms with E-state index in [1.807, 2.05) is 13.0 Å². The van der Waals surface area contributed by atoms with Gasteiger partial charge in [0.15, 0.2) is 5.25 Å². The number of aryl methyl sites for hydroxylation is 1. The number of amides is 1. The van der Waals surface area contributed by atoms with Crippen molar-refractivity contribution in [2.75, 3.05) is 18.8 Å². The third-order valence-electron chi connectivity index (χ3n) is 3.64. The number of hydrogen-bond acceptors (Lipinski definition) is 5. The number of carbonyl (C=O) groups excluding carboxylic acids is 1. The summed E-state index contributed by atoms with van der Waals surface area (Å²) in [6, 6.07) is 1.92. The number of rotatable bonds is 6. The van der Waals surface area contributed by atoms with Crippen molar-refractivity contribution < 1.29 is 13.2 Å². The van der Waals surface area contributed by atoms with Crippen LogP contribution in [0, 0.1) is 0 Å². The summed E-state index contributed by atoms with van der Waals surface area (Å²) in [5, 5.41) is -1.19. The van der Waals surface area contributed by atoms with Crippen LogP contribution in [0.25, 0.3) is 0 Å². The molecule has 1 heterocycles. The quantitative estimate of drug-likeness (QED) is 0.846. The van der Waals surface area contributed by atoms with Gasteiger partial charge in [0.2, 0.25) is 21.9 Å². The van der Waals surface area contributed by atoms with Crippen LogP contribution in [-0.4, -0.2) is 48.5 Å². The van der Waals surface area contributed by atoms with Crippen molar-refractivity contribution in [2.45, 2.75) is 44.3 Å². The first-order valence-corrected chi connectivity index (χ1v) is 8.90. The minimum atomic E-state index is -3.87. The molecule has 0 saturated heterocycles. The lowest BCUT2D eigenvalue weighted by molar-refractivity contribution is -0.127. The number of nitrogens with one attached hydrogen (secondary N) is 1. The van der Waals surface area contributed by atoms with Crippen LogP contribution in [0.2, 0.25) is 0 Å². The average Bonchev–Trinajstić information content (AvgIpc) is 3.29. The maximum absolute atomic E-state index is 12.3.